The smallest absolute Gasteiger partial charge is 0.337 e. The zero-order chi connectivity index (χ0) is 19.1. The van der Waals surface area contributed by atoms with Crippen LogP contribution < -0.4 is 5.32 Å². The number of amides is 1. The molecule has 1 amide bonds. The van der Waals surface area contributed by atoms with Gasteiger partial charge < -0.3 is 10.1 Å². The Morgan fingerprint density at radius 2 is 1.85 bits per heavy atom. The van der Waals surface area contributed by atoms with Crippen LogP contribution in [0.4, 0.5) is 5.13 Å². The van der Waals surface area contributed by atoms with Crippen molar-refractivity contribution in [2.45, 2.75) is 5.75 Å². The van der Waals surface area contributed by atoms with Crippen LogP contribution >= 0.6 is 23.1 Å². The number of nitrogens with zero attached hydrogens (tertiary/aromatic N) is 1. The van der Waals surface area contributed by atoms with Crippen molar-refractivity contribution in [3.63, 3.8) is 0 Å². The van der Waals surface area contributed by atoms with Gasteiger partial charge in [0.05, 0.1) is 24.1 Å². The predicted molar refractivity (Wildman–Crippen MR) is 110 cm³/mol. The summed E-state index contributed by atoms with van der Waals surface area (Å²) in [7, 11) is 1.35. The minimum atomic E-state index is -0.374. The molecule has 3 aromatic rings. The Bertz CT molecular complexity index is 908. The van der Waals surface area contributed by atoms with Crippen molar-refractivity contribution in [1.82, 2.24) is 4.98 Å². The minimum Gasteiger partial charge on any atom is -0.465 e. The van der Waals surface area contributed by atoms with Crippen LogP contribution in [0.2, 0.25) is 0 Å². The van der Waals surface area contributed by atoms with Gasteiger partial charge >= 0.3 is 5.97 Å². The number of aromatic nitrogens is 1. The summed E-state index contributed by atoms with van der Waals surface area (Å²) in [6.07, 6.45) is 0. The summed E-state index contributed by atoms with van der Waals surface area (Å²) in [5.41, 5.74) is 3.31. The molecule has 2 aromatic carbocycles. The number of rotatable bonds is 7. The second-order valence-electron chi connectivity index (χ2n) is 5.63. The summed E-state index contributed by atoms with van der Waals surface area (Å²) in [6.45, 7) is 0. The zero-order valence-corrected chi connectivity index (χ0v) is 16.3. The molecule has 1 heterocycles. The number of methoxy groups -OCH3 is 1. The van der Waals surface area contributed by atoms with Crippen molar-refractivity contribution < 1.29 is 14.3 Å². The molecule has 0 spiro atoms. The molecule has 5 nitrogen and oxygen atoms in total. The summed E-state index contributed by atoms with van der Waals surface area (Å²) in [6, 6.07) is 17.1. The SMILES string of the molecule is COC(=O)c1ccc(-c2csc(NC(=O)CSCc3ccccc3)n2)cc1. The number of nitrogens with one attached hydrogen (secondary N) is 1. The molecule has 0 fully saturated rings. The summed E-state index contributed by atoms with van der Waals surface area (Å²) < 4.78 is 4.69. The van der Waals surface area contributed by atoms with E-state index in [1.165, 1.54) is 24.0 Å². The fourth-order valence-corrected chi connectivity index (χ4v) is 3.87. The lowest BCUT2D eigenvalue weighted by molar-refractivity contribution is -0.113. The Morgan fingerprint density at radius 3 is 2.56 bits per heavy atom. The Morgan fingerprint density at radius 1 is 1.11 bits per heavy atom. The standard InChI is InChI=1S/C20H18N2O3S2/c1-25-19(24)16-9-7-15(8-10-16)17-12-27-20(21-17)22-18(23)13-26-11-14-5-3-2-4-6-14/h2-10,12H,11,13H2,1H3,(H,21,22,23). The first kappa shape index (κ1) is 19.1. The number of benzene rings is 2. The molecular weight excluding hydrogens is 380 g/mol. The van der Waals surface area contributed by atoms with Crippen LogP contribution in [-0.4, -0.2) is 29.7 Å². The van der Waals surface area contributed by atoms with Crippen LogP contribution in [0.25, 0.3) is 11.3 Å². The van der Waals surface area contributed by atoms with Crippen molar-refractivity contribution >= 4 is 40.1 Å². The quantitative estimate of drug-likeness (QED) is 0.595. The van der Waals surface area contributed by atoms with Gasteiger partial charge in [-0.05, 0) is 17.7 Å². The maximum atomic E-state index is 12.1. The van der Waals surface area contributed by atoms with Crippen LogP contribution in [0.1, 0.15) is 15.9 Å². The lowest BCUT2D eigenvalue weighted by atomic mass is 10.1. The first-order valence-electron chi connectivity index (χ1n) is 8.21. The highest BCUT2D eigenvalue weighted by Crippen LogP contribution is 2.25. The van der Waals surface area contributed by atoms with E-state index in [2.05, 4.69) is 15.0 Å². The van der Waals surface area contributed by atoms with E-state index < -0.39 is 0 Å². The van der Waals surface area contributed by atoms with Crippen molar-refractivity contribution in [1.29, 1.82) is 0 Å². The van der Waals surface area contributed by atoms with Gasteiger partial charge in [0.15, 0.2) is 5.13 Å². The Kier molecular flexibility index (Phi) is 6.62. The van der Waals surface area contributed by atoms with Crippen molar-refractivity contribution in [3.05, 3.63) is 71.1 Å². The third-order valence-corrected chi connectivity index (χ3v) is 5.46. The summed E-state index contributed by atoms with van der Waals surface area (Å²) in [5, 5.41) is 5.27. The highest BCUT2D eigenvalue weighted by molar-refractivity contribution is 7.99. The summed E-state index contributed by atoms with van der Waals surface area (Å²) in [4.78, 5) is 28.0. The molecule has 0 radical (unpaired) electrons. The van der Waals surface area contributed by atoms with Gasteiger partial charge in [-0.25, -0.2) is 9.78 Å². The van der Waals surface area contributed by atoms with E-state index in [-0.39, 0.29) is 11.9 Å². The highest BCUT2D eigenvalue weighted by Gasteiger charge is 2.10. The van der Waals surface area contributed by atoms with Crippen LogP contribution in [0, 0.1) is 0 Å². The van der Waals surface area contributed by atoms with Gasteiger partial charge in [-0.3, -0.25) is 4.79 Å². The van der Waals surface area contributed by atoms with Gasteiger partial charge in [0.1, 0.15) is 0 Å². The monoisotopic (exact) mass is 398 g/mol. The average molecular weight is 399 g/mol. The number of hydrogen-bond donors (Lipinski definition) is 1. The van der Waals surface area contributed by atoms with Gasteiger partial charge in [0.2, 0.25) is 5.91 Å². The van der Waals surface area contributed by atoms with Crippen LogP contribution in [-0.2, 0) is 15.3 Å². The predicted octanol–water partition coefficient (Wildman–Crippen LogP) is 4.47. The van der Waals surface area contributed by atoms with Gasteiger partial charge in [-0.2, -0.15) is 0 Å². The molecule has 3 rings (SSSR count). The topological polar surface area (TPSA) is 68.3 Å². The van der Waals surface area contributed by atoms with E-state index in [1.54, 1.807) is 23.9 Å². The molecule has 1 N–H and O–H groups in total. The number of hydrogen-bond acceptors (Lipinski definition) is 6. The molecule has 0 unspecified atom stereocenters. The number of thioether (sulfide) groups is 1. The molecule has 0 bridgehead atoms. The first-order valence-corrected chi connectivity index (χ1v) is 10.2. The van der Waals surface area contributed by atoms with Crippen molar-refractivity contribution in [2.75, 3.05) is 18.2 Å². The van der Waals surface area contributed by atoms with Gasteiger partial charge in [-0.1, -0.05) is 42.5 Å². The van der Waals surface area contributed by atoms with E-state index >= 15 is 0 Å². The number of esters is 1. The number of thiazole rings is 1. The van der Waals surface area contributed by atoms with E-state index in [0.29, 0.717) is 16.4 Å². The largest absolute Gasteiger partial charge is 0.465 e. The van der Waals surface area contributed by atoms with E-state index in [1.807, 2.05) is 47.8 Å². The Labute approximate surface area is 165 Å². The summed E-state index contributed by atoms with van der Waals surface area (Å²) >= 11 is 2.94. The molecule has 0 aliphatic carbocycles. The molecule has 0 atom stereocenters. The third kappa shape index (κ3) is 5.42. The van der Waals surface area contributed by atoms with E-state index in [9.17, 15) is 9.59 Å². The maximum Gasteiger partial charge on any atom is 0.337 e. The van der Waals surface area contributed by atoms with E-state index in [0.717, 1.165) is 17.0 Å². The molecule has 0 aliphatic heterocycles. The molecule has 0 saturated carbocycles. The van der Waals surface area contributed by atoms with Gasteiger partial charge in [0.25, 0.3) is 0 Å². The highest BCUT2D eigenvalue weighted by atomic mass is 32.2. The zero-order valence-electron chi connectivity index (χ0n) is 14.7. The normalized spacial score (nSPS) is 10.4. The summed E-state index contributed by atoms with van der Waals surface area (Å²) in [5.74, 6) is 0.723. The van der Waals surface area contributed by atoms with Crippen molar-refractivity contribution in [2.24, 2.45) is 0 Å². The van der Waals surface area contributed by atoms with Crippen LogP contribution in [0.5, 0.6) is 0 Å². The molecule has 1 aromatic heterocycles. The molecule has 0 aliphatic rings. The molecular formula is C20H18N2O3S2. The number of anilines is 1. The fraction of sp³-hybridized carbons (Fsp3) is 0.150. The number of ether oxygens (including phenoxy) is 1. The van der Waals surface area contributed by atoms with Gasteiger partial charge in [0, 0.05) is 16.7 Å². The molecule has 0 saturated heterocycles. The van der Waals surface area contributed by atoms with Crippen molar-refractivity contribution in [3.8, 4) is 11.3 Å². The third-order valence-electron chi connectivity index (χ3n) is 3.70. The number of carbonyl (C=O) groups is 2. The number of carbonyl (C=O) groups excluding carboxylic acids is 2. The molecule has 7 heteroatoms. The molecule has 138 valence electrons. The van der Waals surface area contributed by atoms with Gasteiger partial charge in [-0.15, -0.1) is 23.1 Å². The Balaban J connectivity index is 1.52. The maximum absolute atomic E-state index is 12.1. The second kappa shape index (κ2) is 9.34. The van der Waals surface area contributed by atoms with E-state index in [4.69, 9.17) is 0 Å². The van der Waals surface area contributed by atoms with Crippen LogP contribution in [0.15, 0.2) is 60.0 Å². The first-order chi connectivity index (χ1) is 13.2. The second-order valence-corrected chi connectivity index (χ2v) is 7.48. The molecule has 27 heavy (non-hydrogen) atoms. The lowest BCUT2D eigenvalue weighted by Crippen LogP contribution is -2.13. The Hall–Kier alpha value is -2.64. The minimum absolute atomic E-state index is 0.0714. The lowest BCUT2D eigenvalue weighted by Gasteiger charge is -2.03. The van der Waals surface area contributed by atoms with Crippen LogP contribution in [0.3, 0.4) is 0 Å². The average Bonchev–Trinajstić information content (AvgIpc) is 3.16. The fourth-order valence-electron chi connectivity index (χ4n) is 2.35.